The number of carbonyl (C=O) groups excluding carboxylic acids is 1. The van der Waals surface area contributed by atoms with E-state index >= 15 is 0 Å². The third-order valence-electron chi connectivity index (χ3n) is 5.35. The quantitative estimate of drug-likeness (QED) is 0.404. The lowest BCUT2D eigenvalue weighted by Gasteiger charge is -2.08. The molecule has 4 nitrogen and oxygen atoms in total. The van der Waals surface area contributed by atoms with E-state index in [1.165, 1.54) is 5.56 Å². The first kappa shape index (κ1) is 20.2. The monoisotopic (exact) mass is 406 g/mol. The van der Waals surface area contributed by atoms with Crippen LogP contribution in [0.5, 0.6) is 0 Å². The van der Waals surface area contributed by atoms with Gasteiger partial charge < -0.3 is 9.73 Å². The SMILES string of the molecule is C#C/C=C\c1c(C)oc2c(-c3ccc(C(=O)Nc4ccc(C)c(C)c4)cn3)cccc12. The first-order valence-electron chi connectivity index (χ1n) is 9.97. The van der Waals surface area contributed by atoms with Crippen LogP contribution in [0.2, 0.25) is 0 Å². The van der Waals surface area contributed by atoms with Crippen LogP contribution in [-0.4, -0.2) is 10.9 Å². The lowest BCUT2D eigenvalue weighted by molar-refractivity contribution is 0.102. The number of amides is 1. The molecule has 4 rings (SSSR count). The summed E-state index contributed by atoms with van der Waals surface area (Å²) in [6.45, 7) is 5.97. The molecule has 2 aromatic carbocycles. The van der Waals surface area contributed by atoms with Crippen molar-refractivity contribution in [3.63, 3.8) is 0 Å². The second kappa shape index (κ2) is 8.33. The maximum Gasteiger partial charge on any atom is 0.257 e. The number of furan rings is 1. The van der Waals surface area contributed by atoms with Gasteiger partial charge in [0, 0.05) is 28.4 Å². The Morgan fingerprint density at radius 2 is 1.94 bits per heavy atom. The maximum atomic E-state index is 12.6. The number of aryl methyl sites for hydroxylation is 3. The number of aromatic nitrogens is 1. The third kappa shape index (κ3) is 3.99. The van der Waals surface area contributed by atoms with Crippen molar-refractivity contribution in [1.29, 1.82) is 0 Å². The van der Waals surface area contributed by atoms with Crippen molar-refractivity contribution in [2.45, 2.75) is 20.8 Å². The molecule has 1 amide bonds. The minimum atomic E-state index is -0.198. The Labute approximate surface area is 181 Å². The molecular formula is C27H22N2O2. The van der Waals surface area contributed by atoms with Gasteiger partial charge in [-0.2, -0.15) is 0 Å². The van der Waals surface area contributed by atoms with Crippen LogP contribution in [0.3, 0.4) is 0 Å². The molecule has 0 spiro atoms. The van der Waals surface area contributed by atoms with E-state index in [0.29, 0.717) is 5.56 Å². The number of pyridine rings is 1. The minimum Gasteiger partial charge on any atom is -0.460 e. The molecule has 1 N–H and O–H groups in total. The summed E-state index contributed by atoms with van der Waals surface area (Å²) in [6.07, 6.45) is 10.5. The highest BCUT2D eigenvalue weighted by Gasteiger charge is 2.15. The van der Waals surface area contributed by atoms with E-state index in [4.69, 9.17) is 10.8 Å². The van der Waals surface area contributed by atoms with Crippen LogP contribution in [-0.2, 0) is 0 Å². The summed E-state index contributed by atoms with van der Waals surface area (Å²) < 4.78 is 6.02. The number of fused-ring (bicyclic) bond motifs is 1. The molecule has 2 aromatic heterocycles. The molecule has 0 saturated heterocycles. The fraction of sp³-hybridized carbons (Fsp3) is 0.111. The Kier molecular flexibility index (Phi) is 5.43. The van der Waals surface area contributed by atoms with Crippen LogP contribution in [0, 0.1) is 33.1 Å². The largest absolute Gasteiger partial charge is 0.460 e. The van der Waals surface area contributed by atoms with Crippen LogP contribution < -0.4 is 5.32 Å². The fourth-order valence-electron chi connectivity index (χ4n) is 3.51. The van der Waals surface area contributed by atoms with Crippen LogP contribution in [0.15, 0.2) is 65.2 Å². The zero-order valence-corrected chi connectivity index (χ0v) is 17.7. The van der Waals surface area contributed by atoms with Gasteiger partial charge in [0.05, 0.1) is 11.3 Å². The molecule has 0 saturated carbocycles. The standard InChI is InChI=1S/C27H22N2O2/c1-5-6-8-22-19(4)31-26-23(22)9-7-10-24(26)25-14-12-20(16-28-25)27(30)29-21-13-11-17(2)18(3)15-21/h1,6-16H,2-4H3,(H,29,30)/b8-6-. The average molecular weight is 406 g/mol. The summed E-state index contributed by atoms with van der Waals surface area (Å²) in [5.74, 6) is 3.10. The van der Waals surface area contributed by atoms with Gasteiger partial charge in [-0.1, -0.05) is 24.1 Å². The van der Waals surface area contributed by atoms with Crippen LogP contribution in [0.25, 0.3) is 28.3 Å². The van der Waals surface area contributed by atoms with Crippen molar-refractivity contribution in [2.75, 3.05) is 5.32 Å². The zero-order valence-electron chi connectivity index (χ0n) is 17.7. The van der Waals surface area contributed by atoms with Crippen LogP contribution in [0.1, 0.15) is 32.8 Å². The topological polar surface area (TPSA) is 55.1 Å². The summed E-state index contributed by atoms with van der Waals surface area (Å²) in [7, 11) is 0. The number of terminal acetylenes is 1. The molecule has 31 heavy (non-hydrogen) atoms. The number of hydrogen-bond donors (Lipinski definition) is 1. The van der Waals surface area contributed by atoms with Crippen molar-refractivity contribution >= 4 is 28.6 Å². The number of benzene rings is 2. The van der Waals surface area contributed by atoms with Gasteiger partial charge in [0.15, 0.2) is 0 Å². The molecule has 4 aromatic rings. The van der Waals surface area contributed by atoms with Gasteiger partial charge in [0.2, 0.25) is 0 Å². The predicted octanol–water partition coefficient (Wildman–Crippen LogP) is 6.32. The molecule has 4 heteroatoms. The number of nitrogens with one attached hydrogen (secondary N) is 1. The third-order valence-corrected chi connectivity index (χ3v) is 5.35. The highest BCUT2D eigenvalue weighted by atomic mass is 16.3. The fourth-order valence-corrected chi connectivity index (χ4v) is 3.51. The highest BCUT2D eigenvalue weighted by Crippen LogP contribution is 2.34. The number of carbonyl (C=O) groups is 1. The number of para-hydroxylation sites is 1. The van der Waals surface area contributed by atoms with Crippen LogP contribution in [0.4, 0.5) is 5.69 Å². The van der Waals surface area contributed by atoms with E-state index in [9.17, 15) is 4.79 Å². The number of hydrogen-bond acceptors (Lipinski definition) is 3. The lowest BCUT2D eigenvalue weighted by atomic mass is 10.0. The van der Waals surface area contributed by atoms with Crippen molar-refractivity contribution < 1.29 is 9.21 Å². The summed E-state index contributed by atoms with van der Waals surface area (Å²) in [5, 5.41) is 3.90. The summed E-state index contributed by atoms with van der Waals surface area (Å²) in [4.78, 5) is 17.1. The number of allylic oxidation sites excluding steroid dienone is 1. The molecule has 0 aliphatic carbocycles. The maximum absolute atomic E-state index is 12.6. The Balaban J connectivity index is 1.63. The Bertz CT molecular complexity index is 1350. The number of rotatable bonds is 4. The van der Waals surface area contributed by atoms with E-state index in [1.54, 1.807) is 18.3 Å². The molecule has 152 valence electrons. The van der Waals surface area contributed by atoms with E-state index in [0.717, 1.165) is 44.8 Å². The van der Waals surface area contributed by atoms with Crippen molar-refractivity contribution in [1.82, 2.24) is 4.98 Å². The Morgan fingerprint density at radius 3 is 2.65 bits per heavy atom. The molecule has 0 unspecified atom stereocenters. The van der Waals surface area contributed by atoms with E-state index in [1.807, 2.05) is 69.3 Å². The molecular weight excluding hydrogens is 384 g/mol. The van der Waals surface area contributed by atoms with Gasteiger partial charge in [-0.25, -0.2) is 0 Å². The van der Waals surface area contributed by atoms with Crippen molar-refractivity contribution in [2.24, 2.45) is 0 Å². The summed E-state index contributed by atoms with van der Waals surface area (Å²) >= 11 is 0. The van der Waals surface area contributed by atoms with Gasteiger partial charge in [-0.15, -0.1) is 6.42 Å². The first-order chi connectivity index (χ1) is 15.0. The van der Waals surface area contributed by atoms with E-state index in [2.05, 4.69) is 16.2 Å². The first-order valence-corrected chi connectivity index (χ1v) is 9.97. The molecule has 0 aliphatic heterocycles. The smallest absolute Gasteiger partial charge is 0.257 e. The second-order valence-corrected chi connectivity index (χ2v) is 7.44. The van der Waals surface area contributed by atoms with E-state index < -0.39 is 0 Å². The molecule has 0 radical (unpaired) electrons. The van der Waals surface area contributed by atoms with Crippen molar-refractivity contribution in [3.05, 3.63) is 88.8 Å². The van der Waals surface area contributed by atoms with Crippen LogP contribution >= 0.6 is 0 Å². The average Bonchev–Trinajstić information content (AvgIpc) is 3.10. The number of nitrogens with zero attached hydrogens (tertiary/aromatic N) is 1. The van der Waals surface area contributed by atoms with Gasteiger partial charge in [-0.05, 0) is 74.4 Å². The highest BCUT2D eigenvalue weighted by molar-refractivity contribution is 6.04. The molecule has 2 heterocycles. The molecule has 0 bridgehead atoms. The van der Waals surface area contributed by atoms with Gasteiger partial charge in [-0.3, -0.25) is 9.78 Å². The summed E-state index contributed by atoms with van der Waals surface area (Å²) in [6, 6.07) is 15.4. The molecule has 0 fully saturated rings. The molecule has 0 atom stereocenters. The van der Waals surface area contributed by atoms with E-state index in [-0.39, 0.29) is 5.91 Å². The zero-order chi connectivity index (χ0) is 22.0. The van der Waals surface area contributed by atoms with Crippen molar-refractivity contribution in [3.8, 4) is 23.6 Å². The number of anilines is 1. The lowest BCUT2D eigenvalue weighted by Crippen LogP contribution is -2.12. The second-order valence-electron chi connectivity index (χ2n) is 7.44. The molecule has 0 aliphatic rings. The predicted molar refractivity (Wildman–Crippen MR) is 126 cm³/mol. The Hall–Kier alpha value is -4.10. The normalized spacial score (nSPS) is 11.0. The summed E-state index contributed by atoms with van der Waals surface area (Å²) in [5.41, 5.74) is 6.86. The van der Waals surface area contributed by atoms with Gasteiger partial charge in [0.1, 0.15) is 11.3 Å². The van der Waals surface area contributed by atoms with Gasteiger partial charge in [0.25, 0.3) is 5.91 Å². The van der Waals surface area contributed by atoms with Gasteiger partial charge >= 0.3 is 0 Å². The Morgan fingerprint density at radius 1 is 1.10 bits per heavy atom. The minimum absolute atomic E-state index is 0.198.